The predicted molar refractivity (Wildman–Crippen MR) is 96.8 cm³/mol. The maximum Gasteiger partial charge on any atom is 0.252 e. The third-order valence-electron chi connectivity index (χ3n) is 4.57. The number of benzene rings is 2. The predicted octanol–water partition coefficient (Wildman–Crippen LogP) is 4.27. The van der Waals surface area contributed by atoms with Gasteiger partial charge in [0.15, 0.2) is 0 Å². The number of halogens is 1. The Bertz CT molecular complexity index is 668. The fraction of sp³-hybridized carbons (Fsp3) is 0.316. The molecule has 3 rings (SSSR count). The lowest BCUT2D eigenvalue weighted by molar-refractivity contribution is 0.0900. The van der Waals surface area contributed by atoms with Crippen LogP contribution in [0, 0.1) is 12.8 Å². The van der Waals surface area contributed by atoms with Crippen LogP contribution in [0.4, 0.5) is 5.69 Å². The smallest absolute Gasteiger partial charge is 0.252 e. The molecule has 1 aliphatic carbocycles. The highest BCUT2D eigenvalue weighted by Gasteiger charge is 2.30. The van der Waals surface area contributed by atoms with E-state index in [-0.39, 0.29) is 24.4 Å². The summed E-state index contributed by atoms with van der Waals surface area (Å²) in [5, 5.41) is 3.23. The van der Waals surface area contributed by atoms with Gasteiger partial charge >= 0.3 is 0 Å². The third-order valence-corrected chi connectivity index (χ3v) is 4.57. The molecule has 2 aromatic rings. The van der Waals surface area contributed by atoms with Crippen molar-refractivity contribution in [3.05, 3.63) is 65.2 Å². The molecule has 0 spiro atoms. The van der Waals surface area contributed by atoms with Gasteiger partial charge in [0.1, 0.15) is 0 Å². The molecule has 1 amide bonds. The highest BCUT2D eigenvalue weighted by molar-refractivity contribution is 5.96. The van der Waals surface area contributed by atoms with E-state index >= 15 is 0 Å². The molecule has 4 heteroatoms. The Morgan fingerprint density at radius 2 is 1.87 bits per heavy atom. The van der Waals surface area contributed by atoms with Crippen LogP contribution in [-0.2, 0) is 0 Å². The molecule has 1 fully saturated rings. The van der Waals surface area contributed by atoms with Gasteiger partial charge in [-0.2, -0.15) is 0 Å². The lowest BCUT2D eigenvalue weighted by Crippen LogP contribution is -2.36. The van der Waals surface area contributed by atoms with Gasteiger partial charge in [0.2, 0.25) is 0 Å². The minimum Gasteiger partial charge on any atom is -0.399 e. The van der Waals surface area contributed by atoms with E-state index in [0.29, 0.717) is 17.2 Å². The summed E-state index contributed by atoms with van der Waals surface area (Å²) in [6, 6.07) is 15.8. The first-order valence-electron chi connectivity index (χ1n) is 7.87. The Morgan fingerprint density at radius 1 is 1.17 bits per heavy atom. The van der Waals surface area contributed by atoms with Crippen molar-refractivity contribution in [3.63, 3.8) is 0 Å². The summed E-state index contributed by atoms with van der Waals surface area (Å²) in [5.41, 5.74) is 9.25. The first-order valence-corrected chi connectivity index (χ1v) is 7.87. The molecule has 1 unspecified atom stereocenters. The molecule has 0 heterocycles. The molecule has 0 bridgehead atoms. The molecular formula is C19H23ClN2O. The molecule has 1 saturated carbocycles. The van der Waals surface area contributed by atoms with Gasteiger partial charge in [0, 0.05) is 11.3 Å². The Labute approximate surface area is 143 Å². The summed E-state index contributed by atoms with van der Waals surface area (Å²) >= 11 is 0. The molecule has 0 saturated heterocycles. The van der Waals surface area contributed by atoms with E-state index in [0.717, 1.165) is 5.56 Å². The van der Waals surface area contributed by atoms with Crippen molar-refractivity contribution >= 4 is 24.0 Å². The van der Waals surface area contributed by atoms with Crippen LogP contribution in [-0.4, -0.2) is 5.91 Å². The Hall–Kier alpha value is -2.00. The number of hydrogen-bond acceptors (Lipinski definition) is 2. The van der Waals surface area contributed by atoms with Crippen LogP contribution in [0.3, 0.4) is 0 Å². The van der Waals surface area contributed by atoms with E-state index < -0.39 is 0 Å². The number of carbonyl (C=O) groups excluding carboxylic acids is 1. The average molecular weight is 331 g/mol. The fourth-order valence-electron chi connectivity index (χ4n) is 3.01. The molecule has 3 N–H and O–H groups in total. The van der Waals surface area contributed by atoms with Gasteiger partial charge in [0.25, 0.3) is 5.91 Å². The van der Waals surface area contributed by atoms with Crippen LogP contribution in [0.1, 0.15) is 46.8 Å². The molecule has 0 aliphatic heterocycles. The monoisotopic (exact) mass is 330 g/mol. The van der Waals surface area contributed by atoms with Gasteiger partial charge in [-0.1, -0.05) is 42.8 Å². The molecule has 1 aliphatic rings. The summed E-state index contributed by atoms with van der Waals surface area (Å²) in [4.78, 5) is 12.7. The maximum atomic E-state index is 12.7. The van der Waals surface area contributed by atoms with Crippen molar-refractivity contribution < 1.29 is 4.79 Å². The van der Waals surface area contributed by atoms with Crippen molar-refractivity contribution in [2.24, 2.45) is 5.92 Å². The van der Waals surface area contributed by atoms with Crippen LogP contribution < -0.4 is 11.1 Å². The van der Waals surface area contributed by atoms with E-state index in [4.69, 9.17) is 5.73 Å². The number of nitrogens with one attached hydrogen (secondary N) is 1. The minimum atomic E-state index is -0.0365. The number of anilines is 1. The summed E-state index contributed by atoms with van der Waals surface area (Å²) < 4.78 is 0. The Morgan fingerprint density at radius 3 is 2.48 bits per heavy atom. The van der Waals surface area contributed by atoms with Gasteiger partial charge < -0.3 is 11.1 Å². The number of rotatable bonds is 4. The van der Waals surface area contributed by atoms with Crippen LogP contribution >= 0.6 is 12.4 Å². The summed E-state index contributed by atoms with van der Waals surface area (Å²) in [6.07, 6.45) is 3.60. The molecule has 23 heavy (non-hydrogen) atoms. The number of amides is 1. The Kier molecular flexibility index (Phi) is 5.67. The van der Waals surface area contributed by atoms with Crippen molar-refractivity contribution in [1.29, 1.82) is 0 Å². The van der Waals surface area contributed by atoms with Crippen molar-refractivity contribution in [2.45, 2.75) is 32.2 Å². The SMILES string of the molecule is Cc1ccc(N)cc1C(=O)NC(c1ccccc1)C1CCC1.Cl. The molecule has 0 radical (unpaired) electrons. The second-order valence-electron chi connectivity index (χ2n) is 6.13. The molecule has 1 atom stereocenters. The summed E-state index contributed by atoms with van der Waals surface area (Å²) in [6.45, 7) is 1.94. The number of nitrogens with two attached hydrogens (primary N) is 1. The highest BCUT2D eigenvalue weighted by Crippen LogP contribution is 2.37. The quantitative estimate of drug-likeness (QED) is 0.822. The average Bonchev–Trinajstić information content (AvgIpc) is 2.48. The number of carbonyl (C=O) groups is 1. The number of aryl methyl sites for hydroxylation is 1. The summed E-state index contributed by atoms with van der Waals surface area (Å²) in [7, 11) is 0. The van der Waals surface area contributed by atoms with E-state index in [2.05, 4.69) is 17.4 Å². The van der Waals surface area contributed by atoms with Crippen LogP contribution in [0.2, 0.25) is 0 Å². The largest absolute Gasteiger partial charge is 0.399 e. The molecule has 0 aromatic heterocycles. The van der Waals surface area contributed by atoms with E-state index in [9.17, 15) is 4.79 Å². The minimum absolute atomic E-state index is 0. The van der Waals surface area contributed by atoms with Gasteiger partial charge in [-0.25, -0.2) is 0 Å². The fourth-order valence-corrected chi connectivity index (χ4v) is 3.01. The Balaban J connectivity index is 0.00000192. The van der Waals surface area contributed by atoms with Crippen molar-refractivity contribution in [3.8, 4) is 0 Å². The molecule has 2 aromatic carbocycles. The molecule has 122 valence electrons. The maximum absolute atomic E-state index is 12.7. The van der Waals surface area contributed by atoms with Crippen molar-refractivity contribution in [2.75, 3.05) is 5.73 Å². The van der Waals surface area contributed by atoms with E-state index in [1.807, 2.05) is 37.3 Å². The van der Waals surface area contributed by atoms with Crippen LogP contribution in [0.5, 0.6) is 0 Å². The third kappa shape index (κ3) is 3.85. The number of hydrogen-bond donors (Lipinski definition) is 2. The van der Waals surface area contributed by atoms with Crippen LogP contribution in [0.25, 0.3) is 0 Å². The topological polar surface area (TPSA) is 55.1 Å². The van der Waals surface area contributed by atoms with E-state index in [1.165, 1.54) is 24.8 Å². The highest BCUT2D eigenvalue weighted by atomic mass is 35.5. The lowest BCUT2D eigenvalue weighted by atomic mass is 9.77. The van der Waals surface area contributed by atoms with Crippen LogP contribution in [0.15, 0.2) is 48.5 Å². The first-order chi connectivity index (χ1) is 10.6. The second-order valence-corrected chi connectivity index (χ2v) is 6.13. The molecular weight excluding hydrogens is 308 g/mol. The standard InChI is InChI=1S/C19H22N2O.ClH/c1-13-10-11-16(20)12-17(13)19(22)21-18(15-8-5-9-15)14-6-3-2-4-7-14;/h2-4,6-7,10-12,15,18H,5,8-9,20H2,1H3,(H,21,22);1H. The summed E-state index contributed by atoms with van der Waals surface area (Å²) in [5.74, 6) is 0.498. The second kappa shape index (κ2) is 7.51. The van der Waals surface area contributed by atoms with Gasteiger partial charge in [-0.15, -0.1) is 12.4 Å². The lowest BCUT2D eigenvalue weighted by Gasteiger charge is -2.34. The zero-order chi connectivity index (χ0) is 15.5. The first kappa shape index (κ1) is 17.4. The zero-order valence-corrected chi connectivity index (χ0v) is 14.1. The van der Waals surface area contributed by atoms with Crippen molar-refractivity contribution in [1.82, 2.24) is 5.32 Å². The van der Waals surface area contributed by atoms with E-state index in [1.54, 1.807) is 6.07 Å². The normalized spacial score (nSPS) is 15.2. The van der Waals surface area contributed by atoms with Gasteiger partial charge in [0.05, 0.1) is 6.04 Å². The zero-order valence-electron chi connectivity index (χ0n) is 13.3. The van der Waals surface area contributed by atoms with Gasteiger partial charge in [-0.3, -0.25) is 4.79 Å². The van der Waals surface area contributed by atoms with Gasteiger partial charge in [-0.05, 0) is 48.9 Å². The number of nitrogen functional groups attached to an aromatic ring is 1. The molecule has 3 nitrogen and oxygen atoms in total.